The van der Waals surface area contributed by atoms with Crippen LogP contribution in [0.3, 0.4) is 0 Å². The molecule has 0 saturated heterocycles. The van der Waals surface area contributed by atoms with Crippen molar-refractivity contribution in [3.63, 3.8) is 0 Å². The smallest absolute Gasteiger partial charge is 0.307 e. The Hall–Kier alpha value is -1.34. The topological polar surface area (TPSA) is 64.3 Å². The zero-order valence-corrected chi connectivity index (χ0v) is 7.73. The van der Waals surface area contributed by atoms with Gasteiger partial charge in [0.15, 0.2) is 0 Å². The van der Waals surface area contributed by atoms with E-state index in [9.17, 15) is 4.79 Å². The van der Waals surface area contributed by atoms with Gasteiger partial charge in [-0.15, -0.1) is 6.58 Å². The molecule has 0 bridgehead atoms. The summed E-state index contributed by atoms with van der Waals surface area (Å²) in [5.41, 5.74) is 0. The Morgan fingerprint density at radius 2 is 2.46 bits per heavy atom. The Labute approximate surface area is 78.1 Å². The van der Waals surface area contributed by atoms with Crippen LogP contribution in [-0.4, -0.2) is 35.6 Å². The van der Waals surface area contributed by atoms with Crippen molar-refractivity contribution in [3.05, 3.63) is 12.7 Å². The molecule has 0 aromatic heterocycles. The summed E-state index contributed by atoms with van der Waals surface area (Å²) < 4.78 is 0. The van der Waals surface area contributed by atoms with Crippen molar-refractivity contribution in [2.75, 3.05) is 19.6 Å². The summed E-state index contributed by atoms with van der Waals surface area (Å²) in [5.74, 6) is -1.29. The third-order valence-electron chi connectivity index (χ3n) is 1.64. The molecule has 0 aliphatic carbocycles. The van der Waals surface area contributed by atoms with E-state index in [1.807, 2.05) is 6.07 Å². The Morgan fingerprint density at radius 3 is 2.85 bits per heavy atom. The minimum atomic E-state index is -0.841. The van der Waals surface area contributed by atoms with Crippen LogP contribution in [0.5, 0.6) is 0 Å². The van der Waals surface area contributed by atoms with Gasteiger partial charge in [0.1, 0.15) is 0 Å². The summed E-state index contributed by atoms with van der Waals surface area (Å²) in [4.78, 5) is 12.2. The highest BCUT2D eigenvalue weighted by atomic mass is 16.4. The number of nitrogens with zero attached hydrogens (tertiary/aromatic N) is 2. The number of hydrogen-bond donors (Lipinski definition) is 1. The molecule has 72 valence electrons. The molecule has 0 saturated carbocycles. The molecule has 0 heterocycles. The predicted octanol–water partition coefficient (Wildman–Crippen LogP) is 0.719. The summed E-state index contributed by atoms with van der Waals surface area (Å²) in [5, 5.41) is 17.1. The SMILES string of the molecule is C=CCN(CC#N)CC(C)C(=O)O. The summed E-state index contributed by atoms with van der Waals surface area (Å²) in [6.45, 7) is 6.33. The van der Waals surface area contributed by atoms with Crippen molar-refractivity contribution in [3.8, 4) is 6.07 Å². The summed E-state index contributed by atoms with van der Waals surface area (Å²) in [6, 6.07) is 1.98. The molecule has 0 amide bonds. The maximum absolute atomic E-state index is 10.5. The van der Waals surface area contributed by atoms with E-state index in [4.69, 9.17) is 10.4 Å². The molecule has 0 aliphatic heterocycles. The average Bonchev–Trinajstić information content (AvgIpc) is 2.05. The molecule has 0 aromatic carbocycles. The van der Waals surface area contributed by atoms with Crippen molar-refractivity contribution >= 4 is 5.97 Å². The zero-order chi connectivity index (χ0) is 10.3. The first-order valence-corrected chi connectivity index (χ1v) is 4.04. The Balaban J connectivity index is 4.01. The van der Waals surface area contributed by atoms with Crippen LogP contribution in [0.2, 0.25) is 0 Å². The van der Waals surface area contributed by atoms with E-state index in [1.54, 1.807) is 17.9 Å². The third-order valence-corrected chi connectivity index (χ3v) is 1.64. The van der Waals surface area contributed by atoms with Crippen molar-refractivity contribution in [2.45, 2.75) is 6.92 Å². The van der Waals surface area contributed by atoms with Crippen molar-refractivity contribution in [1.82, 2.24) is 4.90 Å². The van der Waals surface area contributed by atoms with Crippen LogP contribution in [0, 0.1) is 17.2 Å². The molecule has 1 N–H and O–H groups in total. The third kappa shape index (κ3) is 4.99. The van der Waals surface area contributed by atoms with Crippen LogP contribution >= 0.6 is 0 Å². The van der Waals surface area contributed by atoms with Crippen LogP contribution in [0.25, 0.3) is 0 Å². The standard InChI is InChI=1S/C9H14N2O2/c1-3-5-11(6-4-10)7-8(2)9(12)13/h3,8H,1,5-7H2,2H3,(H,12,13). The molecule has 0 fully saturated rings. The molecule has 4 nitrogen and oxygen atoms in total. The maximum Gasteiger partial charge on any atom is 0.307 e. The van der Waals surface area contributed by atoms with E-state index >= 15 is 0 Å². The highest BCUT2D eigenvalue weighted by Crippen LogP contribution is 1.99. The molecule has 1 atom stereocenters. The largest absolute Gasteiger partial charge is 0.481 e. The lowest BCUT2D eigenvalue weighted by Gasteiger charge is -2.18. The van der Waals surface area contributed by atoms with E-state index < -0.39 is 11.9 Å². The second-order valence-corrected chi connectivity index (χ2v) is 2.88. The van der Waals surface area contributed by atoms with Gasteiger partial charge >= 0.3 is 5.97 Å². The second kappa shape index (κ2) is 6.21. The van der Waals surface area contributed by atoms with Gasteiger partial charge in [0, 0.05) is 13.1 Å². The van der Waals surface area contributed by atoms with Gasteiger partial charge in [-0.3, -0.25) is 9.69 Å². The minimum Gasteiger partial charge on any atom is -0.481 e. The molecule has 0 aliphatic rings. The van der Waals surface area contributed by atoms with E-state index in [2.05, 4.69) is 6.58 Å². The number of carboxylic acids is 1. The van der Waals surface area contributed by atoms with Gasteiger partial charge in [-0.25, -0.2) is 0 Å². The zero-order valence-electron chi connectivity index (χ0n) is 7.73. The van der Waals surface area contributed by atoms with Gasteiger partial charge in [0.2, 0.25) is 0 Å². The molecule has 0 rings (SSSR count). The summed E-state index contributed by atoms with van der Waals surface area (Å²) >= 11 is 0. The van der Waals surface area contributed by atoms with Gasteiger partial charge < -0.3 is 5.11 Å². The highest BCUT2D eigenvalue weighted by molar-refractivity contribution is 5.69. The fourth-order valence-corrected chi connectivity index (χ4v) is 0.952. The second-order valence-electron chi connectivity index (χ2n) is 2.88. The molecular formula is C9H14N2O2. The van der Waals surface area contributed by atoms with E-state index in [1.165, 1.54) is 0 Å². The quantitative estimate of drug-likeness (QED) is 0.485. The number of aliphatic carboxylic acids is 1. The summed E-state index contributed by atoms with van der Waals surface area (Å²) in [7, 11) is 0. The molecule has 0 spiro atoms. The van der Waals surface area contributed by atoms with Crippen molar-refractivity contribution in [2.24, 2.45) is 5.92 Å². The van der Waals surface area contributed by atoms with Crippen LogP contribution in [0.15, 0.2) is 12.7 Å². The Kier molecular flexibility index (Phi) is 5.57. The molecular weight excluding hydrogens is 168 g/mol. The molecule has 13 heavy (non-hydrogen) atoms. The van der Waals surface area contributed by atoms with Crippen LogP contribution in [0.4, 0.5) is 0 Å². The fourth-order valence-electron chi connectivity index (χ4n) is 0.952. The fraction of sp³-hybridized carbons (Fsp3) is 0.556. The van der Waals surface area contributed by atoms with Gasteiger partial charge in [-0.05, 0) is 0 Å². The molecule has 0 radical (unpaired) electrons. The number of nitriles is 1. The van der Waals surface area contributed by atoms with Crippen molar-refractivity contribution < 1.29 is 9.90 Å². The lowest BCUT2D eigenvalue weighted by Crippen LogP contribution is -2.32. The van der Waals surface area contributed by atoms with E-state index in [0.717, 1.165) is 0 Å². The van der Waals surface area contributed by atoms with E-state index in [-0.39, 0.29) is 6.54 Å². The average molecular weight is 182 g/mol. The van der Waals surface area contributed by atoms with Gasteiger partial charge in [0.05, 0.1) is 18.5 Å². The van der Waals surface area contributed by atoms with Gasteiger partial charge in [-0.2, -0.15) is 5.26 Å². The number of carboxylic acid groups (broad SMARTS) is 1. The Morgan fingerprint density at radius 1 is 1.85 bits per heavy atom. The van der Waals surface area contributed by atoms with E-state index in [0.29, 0.717) is 13.1 Å². The van der Waals surface area contributed by atoms with Crippen LogP contribution < -0.4 is 0 Å². The number of carbonyl (C=O) groups is 1. The lowest BCUT2D eigenvalue weighted by molar-refractivity contribution is -0.141. The van der Waals surface area contributed by atoms with Crippen LogP contribution in [0.1, 0.15) is 6.92 Å². The monoisotopic (exact) mass is 182 g/mol. The van der Waals surface area contributed by atoms with Gasteiger partial charge in [-0.1, -0.05) is 13.0 Å². The highest BCUT2D eigenvalue weighted by Gasteiger charge is 2.14. The first kappa shape index (κ1) is 11.7. The molecule has 4 heteroatoms. The molecule has 1 unspecified atom stereocenters. The van der Waals surface area contributed by atoms with Gasteiger partial charge in [0.25, 0.3) is 0 Å². The number of hydrogen-bond acceptors (Lipinski definition) is 3. The molecule has 0 aromatic rings. The first-order valence-electron chi connectivity index (χ1n) is 4.04. The predicted molar refractivity (Wildman–Crippen MR) is 49.0 cm³/mol. The Bertz CT molecular complexity index is 220. The number of rotatable bonds is 6. The first-order chi connectivity index (χ1) is 6.11. The van der Waals surface area contributed by atoms with Crippen LogP contribution in [-0.2, 0) is 4.79 Å². The normalized spacial score (nSPS) is 12.1. The maximum atomic E-state index is 10.5. The summed E-state index contributed by atoms with van der Waals surface area (Å²) in [6.07, 6.45) is 1.66. The minimum absolute atomic E-state index is 0.240. The lowest BCUT2D eigenvalue weighted by atomic mass is 10.1. The van der Waals surface area contributed by atoms with Crippen molar-refractivity contribution in [1.29, 1.82) is 5.26 Å².